The van der Waals surface area contributed by atoms with E-state index in [1.54, 1.807) is 28.3 Å². The molecule has 6 heteroatoms. The normalized spacial score (nSPS) is 10.8. The molecule has 108 valence electrons. The topological polar surface area (TPSA) is 42.7 Å². The van der Waals surface area contributed by atoms with Crippen LogP contribution in [0.4, 0.5) is 9.52 Å². The van der Waals surface area contributed by atoms with Gasteiger partial charge in [0.2, 0.25) is 0 Å². The third-order valence-corrected chi connectivity index (χ3v) is 3.97. The Kier molecular flexibility index (Phi) is 3.70. The van der Waals surface area contributed by atoms with Crippen molar-refractivity contribution in [3.05, 3.63) is 47.4 Å². The van der Waals surface area contributed by atoms with E-state index in [0.717, 1.165) is 28.6 Å². The van der Waals surface area contributed by atoms with Crippen molar-refractivity contribution in [3.8, 4) is 16.9 Å². The quantitative estimate of drug-likeness (QED) is 0.795. The molecule has 2 aromatic heterocycles. The molecule has 0 bridgehead atoms. The molecule has 21 heavy (non-hydrogen) atoms. The molecule has 0 fully saturated rings. The summed E-state index contributed by atoms with van der Waals surface area (Å²) in [6.07, 6.45) is 1.77. The fourth-order valence-corrected chi connectivity index (χ4v) is 2.94. The Bertz CT molecular complexity index is 763. The molecule has 0 unspecified atom stereocenters. The third-order valence-electron chi connectivity index (χ3n) is 3.17. The smallest absolute Gasteiger partial charge is 0.183 e. The Labute approximate surface area is 126 Å². The second-order valence-corrected chi connectivity index (χ2v) is 5.46. The van der Waals surface area contributed by atoms with Gasteiger partial charge < -0.3 is 5.32 Å². The van der Waals surface area contributed by atoms with E-state index in [9.17, 15) is 4.39 Å². The average Bonchev–Trinajstić information content (AvgIpc) is 3.06. The number of nitrogens with one attached hydrogen (secondary N) is 1. The highest BCUT2D eigenvalue weighted by atomic mass is 32.1. The van der Waals surface area contributed by atoms with Gasteiger partial charge in [-0.25, -0.2) is 14.1 Å². The van der Waals surface area contributed by atoms with Crippen LogP contribution in [0.15, 0.2) is 35.8 Å². The van der Waals surface area contributed by atoms with E-state index in [1.165, 1.54) is 12.1 Å². The number of halogens is 1. The maximum atomic E-state index is 13.3. The fourth-order valence-electron chi connectivity index (χ4n) is 2.16. The van der Waals surface area contributed by atoms with E-state index < -0.39 is 0 Å². The summed E-state index contributed by atoms with van der Waals surface area (Å²) in [6.45, 7) is 4.84. The molecule has 0 amide bonds. The molecule has 1 aromatic carbocycles. The van der Waals surface area contributed by atoms with Crippen LogP contribution in [0.5, 0.6) is 0 Å². The highest BCUT2D eigenvalue weighted by Gasteiger charge is 2.13. The number of aromatic nitrogens is 3. The van der Waals surface area contributed by atoms with E-state index in [0.29, 0.717) is 5.69 Å². The lowest BCUT2D eigenvalue weighted by Crippen LogP contribution is -1.99. The Morgan fingerprint density at radius 1 is 1.38 bits per heavy atom. The van der Waals surface area contributed by atoms with Gasteiger partial charge in [-0.1, -0.05) is 6.07 Å². The van der Waals surface area contributed by atoms with E-state index in [1.807, 2.05) is 25.3 Å². The van der Waals surface area contributed by atoms with Gasteiger partial charge in [-0.3, -0.25) is 0 Å². The van der Waals surface area contributed by atoms with Crippen molar-refractivity contribution in [1.29, 1.82) is 0 Å². The number of nitrogens with zero attached hydrogens (tertiary/aromatic N) is 3. The summed E-state index contributed by atoms with van der Waals surface area (Å²) in [6, 6.07) is 6.40. The van der Waals surface area contributed by atoms with Gasteiger partial charge in [0.15, 0.2) is 5.13 Å². The van der Waals surface area contributed by atoms with Gasteiger partial charge in [-0.2, -0.15) is 5.10 Å². The van der Waals surface area contributed by atoms with Crippen molar-refractivity contribution in [2.45, 2.75) is 13.8 Å². The molecule has 0 aliphatic heterocycles. The summed E-state index contributed by atoms with van der Waals surface area (Å²) < 4.78 is 15.1. The number of thiazole rings is 1. The van der Waals surface area contributed by atoms with Crippen molar-refractivity contribution >= 4 is 16.5 Å². The van der Waals surface area contributed by atoms with Crippen LogP contribution >= 0.6 is 11.3 Å². The van der Waals surface area contributed by atoms with Crippen LogP contribution in [0, 0.1) is 12.7 Å². The van der Waals surface area contributed by atoms with Crippen molar-refractivity contribution in [2.24, 2.45) is 0 Å². The minimum atomic E-state index is -0.271. The molecule has 0 atom stereocenters. The minimum absolute atomic E-state index is 0.271. The second kappa shape index (κ2) is 5.65. The van der Waals surface area contributed by atoms with Gasteiger partial charge in [-0.15, -0.1) is 11.3 Å². The third kappa shape index (κ3) is 2.67. The van der Waals surface area contributed by atoms with Gasteiger partial charge in [0.25, 0.3) is 0 Å². The van der Waals surface area contributed by atoms with E-state index >= 15 is 0 Å². The molecule has 2 heterocycles. The summed E-state index contributed by atoms with van der Waals surface area (Å²) in [4.78, 5) is 4.54. The zero-order valence-corrected chi connectivity index (χ0v) is 12.6. The molecule has 3 rings (SSSR count). The first-order chi connectivity index (χ1) is 10.2. The van der Waals surface area contributed by atoms with Gasteiger partial charge in [0, 0.05) is 17.5 Å². The Morgan fingerprint density at radius 2 is 2.24 bits per heavy atom. The Hall–Kier alpha value is -2.21. The summed E-state index contributed by atoms with van der Waals surface area (Å²) in [5.41, 5.74) is 3.49. The molecule has 0 aliphatic carbocycles. The Balaban J connectivity index is 1.98. The van der Waals surface area contributed by atoms with Crippen LogP contribution in [-0.4, -0.2) is 21.3 Å². The van der Waals surface area contributed by atoms with Crippen LogP contribution in [-0.2, 0) is 0 Å². The first-order valence-corrected chi connectivity index (χ1v) is 7.57. The van der Waals surface area contributed by atoms with E-state index in [4.69, 9.17) is 0 Å². The SMILES string of the molecule is CCNc1nc(-c2cnn(-c3cccc(F)c3)c2C)cs1. The molecule has 4 nitrogen and oxygen atoms in total. The summed E-state index contributed by atoms with van der Waals surface area (Å²) in [5.74, 6) is -0.271. The van der Waals surface area contributed by atoms with Gasteiger partial charge in [0.05, 0.1) is 23.3 Å². The minimum Gasteiger partial charge on any atom is -0.362 e. The zero-order chi connectivity index (χ0) is 14.8. The standard InChI is InChI=1S/C15H15FN4S/c1-3-17-15-19-14(9-21-15)13-8-18-20(10(13)2)12-6-4-5-11(16)7-12/h4-9H,3H2,1-2H3,(H,17,19). The van der Waals surface area contributed by atoms with E-state index in [2.05, 4.69) is 15.4 Å². The summed E-state index contributed by atoms with van der Waals surface area (Å²) >= 11 is 1.57. The predicted octanol–water partition coefficient (Wildman–Crippen LogP) is 3.88. The van der Waals surface area contributed by atoms with Crippen LogP contribution in [0.25, 0.3) is 16.9 Å². The molecule has 1 N–H and O–H groups in total. The Morgan fingerprint density at radius 3 is 3.00 bits per heavy atom. The van der Waals surface area contributed by atoms with Crippen LogP contribution in [0.3, 0.4) is 0 Å². The molecular weight excluding hydrogens is 287 g/mol. The average molecular weight is 302 g/mol. The van der Waals surface area contributed by atoms with Crippen LogP contribution in [0.1, 0.15) is 12.6 Å². The zero-order valence-electron chi connectivity index (χ0n) is 11.8. The number of anilines is 1. The molecule has 0 aliphatic rings. The maximum Gasteiger partial charge on any atom is 0.183 e. The fraction of sp³-hybridized carbons (Fsp3) is 0.200. The van der Waals surface area contributed by atoms with E-state index in [-0.39, 0.29) is 5.82 Å². The van der Waals surface area contributed by atoms with Gasteiger partial charge in [0.1, 0.15) is 5.82 Å². The highest BCUT2D eigenvalue weighted by molar-refractivity contribution is 7.14. The van der Waals surface area contributed by atoms with Crippen molar-refractivity contribution < 1.29 is 4.39 Å². The molecular formula is C15H15FN4S. The molecule has 3 aromatic rings. The van der Waals surface area contributed by atoms with Gasteiger partial charge >= 0.3 is 0 Å². The largest absolute Gasteiger partial charge is 0.362 e. The first-order valence-electron chi connectivity index (χ1n) is 6.69. The number of hydrogen-bond acceptors (Lipinski definition) is 4. The lowest BCUT2D eigenvalue weighted by molar-refractivity contribution is 0.625. The highest BCUT2D eigenvalue weighted by Crippen LogP contribution is 2.28. The molecule has 0 radical (unpaired) electrons. The second-order valence-electron chi connectivity index (χ2n) is 4.60. The lowest BCUT2D eigenvalue weighted by Gasteiger charge is -2.04. The maximum absolute atomic E-state index is 13.3. The number of rotatable bonds is 4. The van der Waals surface area contributed by atoms with Crippen molar-refractivity contribution in [2.75, 3.05) is 11.9 Å². The van der Waals surface area contributed by atoms with Crippen LogP contribution < -0.4 is 5.32 Å². The van der Waals surface area contributed by atoms with Crippen LogP contribution in [0.2, 0.25) is 0 Å². The first kappa shape index (κ1) is 13.8. The number of hydrogen-bond donors (Lipinski definition) is 1. The molecule has 0 saturated carbocycles. The predicted molar refractivity (Wildman–Crippen MR) is 83.5 cm³/mol. The lowest BCUT2D eigenvalue weighted by atomic mass is 10.2. The number of benzene rings is 1. The molecule has 0 spiro atoms. The monoisotopic (exact) mass is 302 g/mol. The summed E-state index contributed by atoms with van der Waals surface area (Å²) in [5, 5.41) is 10.4. The summed E-state index contributed by atoms with van der Waals surface area (Å²) in [7, 11) is 0. The van der Waals surface area contributed by atoms with Gasteiger partial charge in [-0.05, 0) is 32.0 Å². The van der Waals surface area contributed by atoms with Crippen molar-refractivity contribution in [1.82, 2.24) is 14.8 Å². The van der Waals surface area contributed by atoms with Crippen molar-refractivity contribution in [3.63, 3.8) is 0 Å². The molecule has 0 saturated heterocycles.